The van der Waals surface area contributed by atoms with Gasteiger partial charge in [0.15, 0.2) is 11.6 Å². The standard InChI is InChI=1S/C16H17FO3/c1-10-7-8-11(9-14(10)20-3)16(18)12-5-4-6-13(19-2)15(12)17/h4-9,16,18H,1-3H3. The molecule has 0 spiro atoms. The van der Waals surface area contributed by atoms with E-state index in [1.807, 2.05) is 13.0 Å². The number of aliphatic hydroxyl groups excluding tert-OH is 1. The first-order chi connectivity index (χ1) is 9.58. The lowest BCUT2D eigenvalue weighted by Gasteiger charge is -2.15. The topological polar surface area (TPSA) is 38.7 Å². The summed E-state index contributed by atoms with van der Waals surface area (Å²) in [5.74, 6) is 0.215. The number of aryl methyl sites for hydroxylation is 1. The molecule has 0 amide bonds. The molecule has 2 aromatic carbocycles. The minimum Gasteiger partial charge on any atom is -0.496 e. The fourth-order valence-electron chi connectivity index (χ4n) is 2.08. The van der Waals surface area contributed by atoms with E-state index < -0.39 is 11.9 Å². The monoisotopic (exact) mass is 276 g/mol. The Labute approximate surface area is 117 Å². The molecule has 0 bridgehead atoms. The van der Waals surface area contributed by atoms with Gasteiger partial charge < -0.3 is 14.6 Å². The highest BCUT2D eigenvalue weighted by atomic mass is 19.1. The van der Waals surface area contributed by atoms with Crippen molar-refractivity contribution in [2.75, 3.05) is 14.2 Å². The third-order valence-electron chi connectivity index (χ3n) is 3.26. The molecule has 3 nitrogen and oxygen atoms in total. The second kappa shape index (κ2) is 5.92. The van der Waals surface area contributed by atoms with Crippen molar-refractivity contribution in [3.8, 4) is 11.5 Å². The fraction of sp³-hybridized carbons (Fsp3) is 0.250. The molecule has 1 unspecified atom stereocenters. The van der Waals surface area contributed by atoms with Crippen LogP contribution in [0.25, 0.3) is 0 Å². The lowest BCUT2D eigenvalue weighted by atomic mass is 9.99. The van der Waals surface area contributed by atoms with Gasteiger partial charge in [0.2, 0.25) is 0 Å². The first-order valence-electron chi connectivity index (χ1n) is 6.23. The number of methoxy groups -OCH3 is 2. The van der Waals surface area contributed by atoms with Gasteiger partial charge in [-0.2, -0.15) is 0 Å². The summed E-state index contributed by atoms with van der Waals surface area (Å²) in [5, 5.41) is 10.4. The molecule has 0 radical (unpaired) electrons. The van der Waals surface area contributed by atoms with E-state index in [0.29, 0.717) is 11.3 Å². The zero-order valence-corrected chi connectivity index (χ0v) is 11.7. The van der Waals surface area contributed by atoms with Crippen LogP contribution in [0.1, 0.15) is 22.8 Å². The average Bonchev–Trinajstić information content (AvgIpc) is 2.47. The molecule has 0 saturated carbocycles. The molecule has 1 N–H and O–H groups in total. The van der Waals surface area contributed by atoms with Gasteiger partial charge in [-0.25, -0.2) is 4.39 Å². The van der Waals surface area contributed by atoms with Crippen molar-refractivity contribution < 1.29 is 19.0 Å². The van der Waals surface area contributed by atoms with E-state index in [1.165, 1.54) is 19.2 Å². The van der Waals surface area contributed by atoms with Gasteiger partial charge >= 0.3 is 0 Å². The number of hydrogen-bond donors (Lipinski definition) is 1. The van der Waals surface area contributed by atoms with Crippen LogP contribution in [0.2, 0.25) is 0 Å². The summed E-state index contributed by atoms with van der Waals surface area (Å²) in [6.07, 6.45) is -1.07. The van der Waals surface area contributed by atoms with E-state index in [0.717, 1.165) is 5.56 Å². The van der Waals surface area contributed by atoms with Gasteiger partial charge in [-0.1, -0.05) is 24.3 Å². The molecule has 4 heteroatoms. The molecule has 0 aromatic heterocycles. The van der Waals surface area contributed by atoms with Crippen molar-refractivity contribution >= 4 is 0 Å². The van der Waals surface area contributed by atoms with Crippen LogP contribution < -0.4 is 9.47 Å². The maximum atomic E-state index is 14.2. The SMILES string of the molecule is COc1cc(C(O)c2cccc(OC)c2F)ccc1C. The van der Waals surface area contributed by atoms with Crippen LogP contribution in [0, 0.1) is 12.7 Å². The third-order valence-corrected chi connectivity index (χ3v) is 3.26. The van der Waals surface area contributed by atoms with Gasteiger partial charge in [-0.15, -0.1) is 0 Å². The van der Waals surface area contributed by atoms with E-state index >= 15 is 0 Å². The van der Waals surface area contributed by atoms with Gasteiger partial charge in [0.1, 0.15) is 11.9 Å². The molecular formula is C16H17FO3. The van der Waals surface area contributed by atoms with Crippen molar-refractivity contribution in [2.45, 2.75) is 13.0 Å². The first kappa shape index (κ1) is 14.3. The van der Waals surface area contributed by atoms with Crippen molar-refractivity contribution in [3.05, 3.63) is 58.9 Å². The molecule has 0 aliphatic heterocycles. The Kier molecular flexibility index (Phi) is 4.25. The molecule has 106 valence electrons. The average molecular weight is 276 g/mol. The lowest BCUT2D eigenvalue weighted by Crippen LogP contribution is -2.04. The van der Waals surface area contributed by atoms with E-state index in [9.17, 15) is 9.50 Å². The van der Waals surface area contributed by atoms with Crippen molar-refractivity contribution in [2.24, 2.45) is 0 Å². The predicted octanol–water partition coefficient (Wildman–Crippen LogP) is 3.23. The fourth-order valence-corrected chi connectivity index (χ4v) is 2.08. The Balaban J connectivity index is 2.43. The van der Waals surface area contributed by atoms with Crippen molar-refractivity contribution in [1.29, 1.82) is 0 Å². The van der Waals surface area contributed by atoms with Crippen LogP contribution in [0.15, 0.2) is 36.4 Å². The van der Waals surface area contributed by atoms with Gasteiger partial charge in [-0.05, 0) is 30.2 Å². The second-order valence-corrected chi connectivity index (χ2v) is 4.50. The molecule has 1 atom stereocenters. The zero-order valence-electron chi connectivity index (χ0n) is 11.7. The van der Waals surface area contributed by atoms with E-state index in [-0.39, 0.29) is 11.3 Å². The number of ether oxygens (including phenoxy) is 2. The van der Waals surface area contributed by atoms with Gasteiger partial charge in [-0.3, -0.25) is 0 Å². The molecule has 2 aromatic rings. The Morgan fingerprint density at radius 2 is 1.75 bits per heavy atom. The Morgan fingerprint density at radius 1 is 1.05 bits per heavy atom. The molecular weight excluding hydrogens is 259 g/mol. The van der Waals surface area contributed by atoms with Crippen LogP contribution in [-0.2, 0) is 0 Å². The summed E-state index contributed by atoms with van der Waals surface area (Å²) >= 11 is 0. The van der Waals surface area contributed by atoms with E-state index in [1.54, 1.807) is 25.3 Å². The minimum atomic E-state index is -1.07. The molecule has 2 rings (SSSR count). The highest BCUT2D eigenvalue weighted by molar-refractivity contribution is 5.42. The third kappa shape index (κ3) is 2.60. The summed E-state index contributed by atoms with van der Waals surface area (Å²) in [6.45, 7) is 1.90. The maximum Gasteiger partial charge on any atom is 0.171 e. The molecule has 0 aliphatic carbocycles. The highest BCUT2D eigenvalue weighted by Gasteiger charge is 2.18. The largest absolute Gasteiger partial charge is 0.496 e. The van der Waals surface area contributed by atoms with Crippen LogP contribution in [0.5, 0.6) is 11.5 Å². The predicted molar refractivity (Wildman–Crippen MR) is 74.7 cm³/mol. The molecule has 20 heavy (non-hydrogen) atoms. The Morgan fingerprint density at radius 3 is 2.40 bits per heavy atom. The highest BCUT2D eigenvalue weighted by Crippen LogP contribution is 2.31. The van der Waals surface area contributed by atoms with Crippen molar-refractivity contribution in [1.82, 2.24) is 0 Å². The molecule has 0 heterocycles. The number of halogens is 1. The minimum absolute atomic E-state index is 0.112. The molecule has 0 aliphatic rings. The smallest absolute Gasteiger partial charge is 0.171 e. The van der Waals surface area contributed by atoms with Crippen molar-refractivity contribution in [3.63, 3.8) is 0 Å². The Bertz CT molecular complexity index is 611. The first-order valence-corrected chi connectivity index (χ1v) is 6.23. The van der Waals surface area contributed by atoms with E-state index in [2.05, 4.69) is 0 Å². The number of hydrogen-bond acceptors (Lipinski definition) is 3. The summed E-state index contributed by atoms with van der Waals surface area (Å²) in [5.41, 5.74) is 1.70. The van der Waals surface area contributed by atoms with Gasteiger partial charge in [0, 0.05) is 5.56 Å². The normalized spacial score (nSPS) is 12.1. The Hall–Kier alpha value is -2.07. The van der Waals surface area contributed by atoms with Gasteiger partial charge in [0.05, 0.1) is 14.2 Å². The summed E-state index contributed by atoms with van der Waals surface area (Å²) in [7, 11) is 2.95. The lowest BCUT2D eigenvalue weighted by molar-refractivity contribution is 0.212. The second-order valence-electron chi connectivity index (χ2n) is 4.50. The van der Waals surface area contributed by atoms with Gasteiger partial charge in [0.25, 0.3) is 0 Å². The number of benzene rings is 2. The summed E-state index contributed by atoms with van der Waals surface area (Å²) in [4.78, 5) is 0. The maximum absolute atomic E-state index is 14.2. The summed E-state index contributed by atoms with van der Waals surface area (Å²) < 4.78 is 24.3. The van der Waals surface area contributed by atoms with Crippen LogP contribution in [0.4, 0.5) is 4.39 Å². The summed E-state index contributed by atoms with van der Waals surface area (Å²) in [6, 6.07) is 9.98. The zero-order chi connectivity index (χ0) is 14.7. The number of aliphatic hydroxyl groups is 1. The molecule has 0 fully saturated rings. The van der Waals surface area contributed by atoms with Crippen LogP contribution in [-0.4, -0.2) is 19.3 Å². The quantitative estimate of drug-likeness (QED) is 0.931. The number of rotatable bonds is 4. The molecule has 0 saturated heterocycles. The van der Waals surface area contributed by atoms with E-state index in [4.69, 9.17) is 9.47 Å². The van der Waals surface area contributed by atoms with Crippen LogP contribution >= 0.6 is 0 Å². The van der Waals surface area contributed by atoms with Crippen LogP contribution in [0.3, 0.4) is 0 Å².